The van der Waals surface area contributed by atoms with E-state index in [1.807, 2.05) is 0 Å². The van der Waals surface area contributed by atoms with E-state index in [0.717, 1.165) is 4.57 Å². The van der Waals surface area contributed by atoms with Gasteiger partial charge in [0.15, 0.2) is 0 Å². The first-order valence-electron chi connectivity index (χ1n) is 5.51. The van der Waals surface area contributed by atoms with Crippen LogP contribution >= 0.6 is 0 Å². The van der Waals surface area contributed by atoms with Crippen molar-refractivity contribution in [1.82, 2.24) is 13.7 Å². The van der Waals surface area contributed by atoms with Gasteiger partial charge in [0.1, 0.15) is 0 Å². The predicted octanol–water partition coefficient (Wildman–Crippen LogP) is -0.591. The summed E-state index contributed by atoms with van der Waals surface area (Å²) in [6.07, 6.45) is 3.05. The molecule has 2 rings (SSSR count). The zero-order chi connectivity index (χ0) is 13.1. The van der Waals surface area contributed by atoms with Crippen LogP contribution in [0.25, 0.3) is 0 Å². The van der Waals surface area contributed by atoms with Crippen LogP contribution in [0.1, 0.15) is 0 Å². The molecule has 0 radical (unpaired) electrons. The summed E-state index contributed by atoms with van der Waals surface area (Å²) in [7, 11) is 1.58. The molecular weight excluding hydrogens is 234 g/mol. The molecule has 2 aromatic heterocycles. The van der Waals surface area contributed by atoms with Gasteiger partial charge in [-0.3, -0.25) is 14.2 Å². The number of nitrogens with zero attached hydrogens (tertiary/aromatic N) is 3. The Balaban J connectivity index is 2.30. The van der Waals surface area contributed by atoms with E-state index < -0.39 is 0 Å². The second kappa shape index (κ2) is 4.87. The minimum absolute atomic E-state index is 0.154. The first kappa shape index (κ1) is 12.1. The molecule has 0 amide bonds. The average Bonchev–Trinajstić information content (AvgIpc) is 2.36. The SMILES string of the molecule is Cn1ccc(=O)n(CCn2ccccc2=O)c1=O. The minimum Gasteiger partial charge on any atom is -0.314 e. The molecule has 0 fully saturated rings. The fraction of sp³-hybridized carbons (Fsp3) is 0.250. The standard InChI is InChI=1S/C12H13N3O3/c1-13-7-5-11(17)15(12(13)18)9-8-14-6-3-2-4-10(14)16/h2-7H,8-9H2,1H3. The summed E-state index contributed by atoms with van der Waals surface area (Å²) in [5.74, 6) is 0. The van der Waals surface area contributed by atoms with Crippen molar-refractivity contribution < 1.29 is 0 Å². The molecule has 94 valence electrons. The van der Waals surface area contributed by atoms with Crippen LogP contribution in [0.3, 0.4) is 0 Å². The third kappa shape index (κ3) is 2.32. The van der Waals surface area contributed by atoms with Gasteiger partial charge >= 0.3 is 5.69 Å². The van der Waals surface area contributed by atoms with Crippen LogP contribution < -0.4 is 16.8 Å². The number of hydrogen-bond acceptors (Lipinski definition) is 3. The van der Waals surface area contributed by atoms with Crippen LogP contribution in [-0.2, 0) is 20.1 Å². The van der Waals surface area contributed by atoms with Crippen LogP contribution in [0.15, 0.2) is 51.0 Å². The number of hydrogen-bond donors (Lipinski definition) is 0. The molecule has 0 aliphatic heterocycles. The Morgan fingerprint density at radius 2 is 1.72 bits per heavy atom. The monoisotopic (exact) mass is 247 g/mol. The topological polar surface area (TPSA) is 66.0 Å². The third-order valence-corrected chi connectivity index (χ3v) is 2.70. The van der Waals surface area contributed by atoms with Crippen molar-refractivity contribution in [3.8, 4) is 0 Å². The zero-order valence-corrected chi connectivity index (χ0v) is 9.94. The second-order valence-corrected chi connectivity index (χ2v) is 3.93. The number of pyridine rings is 1. The Kier molecular flexibility index (Phi) is 3.27. The highest BCUT2D eigenvalue weighted by atomic mass is 16.2. The highest BCUT2D eigenvalue weighted by Crippen LogP contribution is 1.84. The lowest BCUT2D eigenvalue weighted by atomic mass is 10.4. The van der Waals surface area contributed by atoms with Crippen molar-refractivity contribution in [2.24, 2.45) is 7.05 Å². The summed E-state index contributed by atoms with van der Waals surface area (Å²) >= 11 is 0. The van der Waals surface area contributed by atoms with E-state index in [1.165, 1.54) is 27.5 Å². The van der Waals surface area contributed by atoms with Crippen molar-refractivity contribution in [1.29, 1.82) is 0 Å². The molecule has 0 unspecified atom stereocenters. The van der Waals surface area contributed by atoms with Gasteiger partial charge in [0.05, 0.1) is 0 Å². The lowest BCUT2D eigenvalue weighted by Crippen LogP contribution is -2.39. The zero-order valence-electron chi connectivity index (χ0n) is 9.94. The lowest BCUT2D eigenvalue weighted by Gasteiger charge is -2.08. The van der Waals surface area contributed by atoms with Gasteiger partial charge < -0.3 is 9.13 Å². The second-order valence-electron chi connectivity index (χ2n) is 3.93. The number of aryl methyl sites for hydroxylation is 2. The molecule has 0 aliphatic rings. The van der Waals surface area contributed by atoms with Crippen molar-refractivity contribution in [2.75, 3.05) is 0 Å². The van der Waals surface area contributed by atoms with E-state index in [2.05, 4.69) is 0 Å². The first-order chi connectivity index (χ1) is 8.59. The molecule has 6 nitrogen and oxygen atoms in total. The highest BCUT2D eigenvalue weighted by molar-refractivity contribution is 4.93. The van der Waals surface area contributed by atoms with Crippen LogP contribution in [0.4, 0.5) is 0 Å². The van der Waals surface area contributed by atoms with Crippen molar-refractivity contribution in [3.63, 3.8) is 0 Å². The first-order valence-corrected chi connectivity index (χ1v) is 5.51. The fourth-order valence-corrected chi connectivity index (χ4v) is 1.67. The van der Waals surface area contributed by atoms with E-state index in [0.29, 0.717) is 6.54 Å². The van der Waals surface area contributed by atoms with Gasteiger partial charge in [-0.1, -0.05) is 6.07 Å². The molecule has 0 saturated carbocycles. The van der Waals surface area contributed by atoms with Gasteiger partial charge in [0.2, 0.25) is 0 Å². The Labute approximate surface area is 102 Å². The van der Waals surface area contributed by atoms with Gasteiger partial charge in [-0.25, -0.2) is 4.79 Å². The number of aromatic nitrogens is 3. The average molecular weight is 247 g/mol. The minimum atomic E-state index is -0.383. The van der Waals surface area contributed by atoms with Crippen LogP contribution in [0.2, 0.25) is 0 Å². The maximum absolute atomic E-state index is 11.7. The molecule has 2 aromatic rings. The quantitative estimate of drug-likeness (QED) is 0.728. The molecule has 0 bridgehead atoms. The normalized spacial score (nSPS) is 10.5. The van der Waals surface area contributed by atoms with Crippen molar-refractivity contribution in [2.45, 2.75) is 13.1 Å². The molecule has 0 atom stereocenters. The van der Waals surface area contributed by atoms with Crippen LogP contribution in [0, 0.1) is 0 Å². The summed E-state index contributed by atoms with van der Waals surface area (Å²) < 4.78 is 3.90. The lowest BCUT2D eigenvalue weighted by molar-refractivity contribution is 0.517. The van der Waals surface area contributed by atoms with E-state index in [1.54, 1.807) is 25.4 Å². The summed E-state index contributed by atoms with van der Waals surface area (Å²) in [4.78, 5) is 34.8. The Bertz CT molecular complexity index is 724. The fourth-order valence-electron chi connectivity index (χ4n) is 1.67. The molecule has 18 heavy (non-hydrogen) atoms. The molecule has 2 heterocycles. The molecule has 0 saturated heterocycles. The molecule has 0 N–H and O–H groups in total. The predicted molar refractivity (Wildman–Crippen MR) is 66.6 cm³/mol. The summed E-state index contributed by atoms with van der Waals surface area (Å²) in [5.41, 5.74) is -0.896. The Hall–Kier alpha value is -2.37. The summed E-state index contributed by atoms with van der Waals surface area (Å²) in [6, 6.07) is 6.14. The van der Waals surface area contributed by atoms with Gasteiger partial charge in [0.25, 0.3) is 11.1 Å². The molecule has 0 spiro atoms. The Morgan fingerprint density at radius 3 is 2.44 bits per heavy atom. The third-order valence-electron chi connectivity index (χ3n) is 2.70. The van der Waals surface area contributed by atoms with E-state index in [4.69, 9.17) is 0 Å². The van der Waals surface area contributed by atoms with E-state index >= 15 is 0 Å². The van der Waals surface area contributed by atoms with Crippen LogP contribution in [-0.4, -0.2) is 13.7 Å². The van der Waals surface area contributed by atoms with Crippen LogP contribution in [0.5, 0.6) is 0 Å². The van der Waals surface area contributed by atoms with Gasteiger partial charge in [0, 0.05) is 44.7 Å². The molecule has 0 aromatic carbocycles. The molecule has 6 heteroatoms. The van der Waals surface area contributed by atoms with Gasteiger partial charge in [-0.2, -0.15) is 0 Å². The smallest absolute Gasteiger partial charge is 0.314 e. The van der Waals surface area contributed by atoms with Gasteiger partial charge in [-0.05, 0) is 6.07 Å². The van der Waals surface area contributed by atoms with E-state index in [9.17, 15) is 14.4 Å². The maximum atomic E-state index is 11.7. The summed E-state index contributed by atoms with van der Waals surface area (Å²) in [5, 5.41) is 0. The highest BCUT2D eigenvalue weighted by Gasteiger charge is 2.03. The molecule has 0 aliphatic carbocycles. The van der Waals surface area contributed by atoms with Crippen molar-refractivity contribution in [3.05, 3.63) is 67.9 Å². The summed E-state index contributed by atoms with van der Waals surface area (Å²) in [6.45, 7) is 0.467. The van der Waals surface area contributed by atoms with E-state index in [-0.39, 0.29) is 23.4 Å². The van der Waals surface area contributed by atoms with Gasteiger partial charge in [-0.15, -0.1) is 0 Å². The number of rotatable bonds is 3. The van der Waals surface area contributed by atoms with Crippen molar-refractivity contribution >= 4 is 0 Å². The Morgan fingerprint density at radius 1 is 0.944 bits per heavy atom. The largest absolute Gasteiger partial charge is 0.330 e. The molecular formula is C12H13N3O3. The maximum Gasteiger partial charge on any atom is 0.330 e.